The quantitative estimate of drug-likeness (QED) is 0.169. The summed E-state index contributed by atoms with van der Waals surface area (Å²) in [5.74, 6) is 0. The Labute approximate surface area is 325 Å². The van der Waals surface area contributed by atoms with Crippen LogP contribution in [0.2, 0.25) is 0 Å². The molecule has 0 aliphatic rings. The first kappa shape index (κ1) is 33.4. The monoisotopic (exact) mass is 724 g/mol. The number of hydrogen-bond acceptors (Lipinski definition) is 3. The molecule has 0 aliphatic carbocycles. The van der Waals surface area contributed by atoms with Crippen LogP contribution < -0.4 is 0 Å². The van der Waals surface area contributed by atoms with Crippen molar-refractivity contribution < 1.29 is 0 Å². The molecule has 0 fully saturated rings. The van der Waals surface area contributed by atoms with Gasteiger partial charge in [0.25, 0.3) is 0 Å². The Hall–Kier alpha value is -6.16. The number of aryl methyl sites for hydroxylation is 6. The zero-order valence-corrected chi connectivity index (χ0v) is 32.8. The molecule has 0 amide bonds. The van der Waals surface area contributed by atoms with Crippen molar-refractivity contribution in [3.8, 4) is 44.6 Å². The predicted octanol–water partition coefficient (Wildman–Crippen LogP) is 14.8. The fourth-order valence-electron chi connectivity index (χ4n) is 9.26. The first-order valence-corrected chi connectivity index (χ1v) is 19.9. The second-order valence-electron chi connectivity index (χ2n) is 15.4. The van der Waals surface area contributed by atoms with Gasteiger partial charge in [-0.1, -0.05) is 114 Å². The van der Waals surface area contributed by atoms with Gasteiger partial charge < -0.3 is 0 Å². The normalized spacial score (nSPS) is 11.8. The van der Waals surface area contributed by atoms with Gasteiger partial charge in [-0.25, -0.2) is 4.98 Å². The van der Waals surface area contributed by atoms with E-state index >= 15 is 0 Å². The maximum atomic E-state index is 5.46. The van der Waals surface area contributed by atoms with E-state index < -0.39 is 0 Å². The van der Waals surface area contributed by atoms with E-state index in [1.165, 1.54) is 97.7 Å². The highest BCUT2D eigenvalue weighted by atomic mass is 32.1. The van der Waals surface area contributed by atoms with Crippen LogP contribution in [0.5, 0.6) is 0 Å². The van der Waals surface area contributed by atoms with Gasteiger partial charge in [-0.05, 0) is 132 Å². The number of thiophene rings is 1. The van der Waals surface area contributed by atoms with Gasteiger partial charge in [0.2, 0.25) is 0 Å². The molecule has 10 rings (SSSR count). The maximum absolute atomic E-state index is 5.46. The van der Waals surface area contributed by atoms with E-state index in [0.717, 1.165) is 33.1 Å². The van der Waals surface area contributed by atoms with Crippen LogP contribution in [0.25, 0.3) is 97.4 Å². The Bertz CT molecular complexity index is 3170. The molecule has 10 aromatic rings. The minimum Gasteiger partial charge on any atom is -0.252 e. The van der Waals surface area contributed by atoms with Crippen molar-refractivity contribution in [1.29, 1.82) is 0 Å². The Morgan fingerprint density at radius 3 is 1.64 bits per heavy atom. The largest absolute Gasteiger partial charge is 0.252 e. The summed E-state index contributed by atoms with van der Waals surface area (Å²) < 4.78 is 2.63. The van der Waals surface area contributed by atoms with Crippen molar-refractivity contribution in [3.63, 3.8) is 0 Å². The maximum Gasteiger partial charge on any atom is 0.0979 e. The van der Waals surface area contributed by atoms with Crippen molar-refractivity contribution in [2.45, 2.75) is 41.5 Å². The van der Waals surface area contributed by atoms with E-state index in [1.54, 1.807) is 0 Å². The molecule has 8 aromatic carbocycles. The first-order valence-electron chi connectivity index (χ1n) is 19.1. The fourth-order valence-corrected chi connectivity index (χ4v) is 10.5. The minimum absolute atomic E-state index is 0.871. The summed E-state index contributed by atoms with van der Waals surface area (Å²) in [7, 11) is 0. The Morgan fingerprint density at radius 2 is 0.982 bits per heavy atom. The molecule has 264 valence electrons. The summed E-state index contributed by atoms with van der Waals surface area (Å²) in [6.45, 7) is 13.3. The van der Waals surface area contributed by atoms with Gasteiger partial charge in [0, 0.05) is 36.5 Å². The topological polar surface area (TPSA) is 25.8 Å². The van der Waals surface area contributed by atoms with E-state index in [-0.39, 0.29) is 0 Å². The number of hydrogen-bond donors (Lipinski definition) is 0. The number of aromatic nitrogens is 2. The average Bonchev–Trinajstić information content (AvgIpc) is 3.56. The SMILES string of the molecule is Cc1cc(C)c(-c2ccc3c(c2)c2cc(-c4c(C)cc(C)cc4C)ccc2c2nc(-c4cccc(-c5cccc6c5sc5ccccc56)c4)cnc32)c(C)c1. The van der Waals surface area contributed by atoms with Crippen LogP contribution in [-0.2, 0) is 0 Å². The predicted molar refractivity (Wildman–Crippen MR) is 238 cm³/mol. The number of benzene rings is 8. The highest BCUT2D eigenvalue weighted by Crippen LogP contribution is 2.43. The van der Waals surface area contributed by atoms with E-state index in [9.17, 15) is 0 Å². The second-order valence-corrected chi connectivity index (χ2v) is 16.4. The van der Waals surface area contributed by atoms with Crippen LogP contribution >= 0.6 is 11.3 Å². The summed E-state index contributed by atoms with van der Waals surface area (Å²) in [5, 5.41) is 7.24. The van der Waals surface area contributed by atoms with Gasteiger partial charge in [-0.15, -0.1) is 11.3 Å². The number of rotatable bonds is 4. The summed E-state index contributed by atoms with van der Waals surface area (Å²) >= 11 is 1.86. The Balaban J connectivity index is 1.19. The van der Waals surface area contributed by atoms with Gasteiger partial charge in [0.05, 0.1) is 22.9 Å². The van der Waals surface area contributed by atoms with Crippen LogP contribution in [0.4, 0.5) is 0 Å². The average molecular weight is 725 g/mol. The molecule has 0 bridgehead atoms. The second kappa shape index (κ2) is 12.7. The van der Waals surface area contributed by atoms with Crippen molar-refractivity contribution in [3.05, 3.63) is 167 Å². The number of fused-ring (bicyclic) bond motifs is 9. The zero-order chi connectivity index (χ0) is 37.5. The van der Waals surface area contributed by atoms with Crippen molar-refractivity contribution in [2.24, 2.45) is 0 Å². The molecule has 0 saturated heterocycles. The molecule has 2 heterocycles. The minimum atomic E-state index is 0.871. The lowest BCUT2D eigenvalue weighted by Crippen LogP contribution is -1.95. The van der Waals surface area contributed by atoms with Gasteiger partial charge in [-0.3, -0.25) is 4.98 Å². The highest BCUT2D eigenvalue weighted by Gasteiger charge is 2.18. The lowest BCUT2D eigenvalue weighted by Gasteiger charge is -2.17. The van der Waals surface area contributed by atoms with Crippen LogP contribution in [-0.4, -0.2) is 9.97 Å². The molecule has 0 N–H and O–H groups in total. The van der Waals surface area contributed by atoms with Crippen LogP contribution in [0.3, 0.4) is 0 Å². The molecule has 0 atom stereocenters. The molecule has 0 spiro atoms. The van der Waals surface area contributed by atoms with Crippen molar-refractivity contribution >= 4 is 64.1 Å². The molecule has 0 radical (unpaired) electrons. The Kier molecular flexibility index (Phi) is 7.73. The third-order valence-electron chi connectivity index (χ3n) is 11.4. The van der Waals surface area contributed by atoms with Gasteiger partial charge in [0.15, 0.2) is 0 Å². The van der Waals surface area contributed by atoms with Crippen molar-refractivity contribution in [1.82, 2.24) is 9.97 Å². The van der Waals surface area contributed by atoms with Gasteiger partial charge in [0.1, 0.15) is 0 Å². The lowest BCUT2D eigenvalue weighted by atomic mass is 9.88. The standard InChI is InChI=1S/C52H40N2S/c1-29-21-31(3)48(32(4)22-29)37-17-19-41-44(26-37)45-27-38(49-33(5)23-30(2)24-34(49)6)18-20-42(45)51-50(41)53-28-46(54-51)36-12-9-11-35(25-36)39-14-10-15-43-40-13-7-8-16-47(40)55-52(39)43/h7-28H,1-6H3. The third-order valence-corrected chi connectivity index (χ3v) is 12.6. The van der Waals surface area contributed by atoms with Gasteiger partial charge >= 0.3 is 0 Å². The molecule has 0 aliphatic heterocycles. The third kappa shape index (κ3) is 5.45. The van der Waals surface area contributed by atoms with Crippen LogP contribution in [0, 0.1) is 41.5 Å². The molecule has 55 heavy (non-hydrogen) atoms. The molecule has 2 aromatic heterocycles. The van der Waals surface area contributed by atoms with E-state index in [2.05, 4.69) is 169 Å². The van der Waals surface area contributed by atoms with E-state index in [1.807, 2.05) is 17.5 Å². The molecule has 2 nitrogen and oxygen atoms in total. The Morgan fingerprint density at radius 1 is 0.418 bits per heavy atom. The van der Waals surface area contributed by atoms with Crippen molar-refractivity contribution in [2.75, 3.05) is 0 Å². The van der Waals surface area contributed by atoms with Gasteiger partial charge in [-0.2, -0.15) is 0 Å². The molecule has 0 unspecified atom stereocenters. The fraction of sp³-hybridized carbons (Fsp3) is 0.115. The summed E-state index contributed by atoms with van der Waals surface area (Å²) in [6, 6.07) is 47.2. The van der Waals surface area contributed by atoms with E-state index in [0.29, 0.717) is 0 Å². The number of nitrogens with zero attached hydrogens (tertiary/aromatic N) is 2. The highest BCUT2D eigenvalue weighted by molar-refractivity contribution is 7.26. The summed E-state index contributed by atoms with van der Waals surface area (Å²) in [4.78, 5) is 10.7. The molecular weight excluding hydrogens is 685 g/mol. The van der Waals surface area contributed by atoms with E-state index in [4.69, 9.17) is 9.97 Å². The lowest BCUT2D eigenvalue weighted by molar-refractivity contribution is 1.31. The van der Waals surface area contributed by atoms with Crippen LogP contribution in [0.1, 0.15) is 33.4 Å². The molecule has 3 heteroatoms. The zero-order valence-electron chi connectivity index (χ0n) is 32.0. The summed E-state index contributed by atoms with van der Waals surface area (Å²) in [5.41, 5.74) is 19.0. The first-order chi connectivity index (χ1) is 26.7. The molecule has 0 saturated carbocycles. The van der Waals surface area contributed by atoms with Crippen LogP contribution in [0.15, 0.2) is 134 Å². The smallest absolute Gasteiger partial charge is 0.0979 e. The summed E-state index contributed by atoms with van der Waals surface area (Å²) in [6.07, 6.45) is 1.96. The molecular formula is C52H40N2S.